The van der Waals surface area contributed by atoms with Crippen molar-refractivity contribution in [2.45, 2.75) is 26.5 Å². The fourth-order valence-electron chi connectivity index (χ4n) is 2.97. The number of phenolic OH excluding ortho intramolecular Hbond substituents is 1. The third kappa shape index (κ3) is 3.91. The third-order valence-electron chi connectivity index (χ3n) is 4.27. The molecule has 0 aliphatic carbocycles. The number of fused-ring (bicyclic) bond motifs is 1. The van der Waals surface area contributed by atoms with Crippen LogP contribution in [0.1, 0.15) is 19.4 Å². The van der Waals surface area contributed by atoms with Crippen LogP contribution in [0, 0.1) is 0 Å². The molecule has 0 radical (unpaired) electrons. The van der Waals surface area contributed by atoms with Gasteiger partial charge in [-0.05, 0) is 61.9 Å². The Labute approximate surface area is 163 Å². The molecule has 0 fully saturated rings. The smallest absolute Gasteiger partial charge is 0.161 e. The molecule has 6 nitrogen and oxygen atoms in total. The van der Waals surface area contributed by atoms with Crippen LogP contribution in [0.25, 0.3) is 22.6 Å². The number of benzene rings is 2. The number of aromatic nitrogens is 3. The number of aromatic hydroxyl groups is 1. The van der Waals surface area contributed by atoms with Gasteiger partial charge in [-0.25, -0.2) is 4.98 Å². The van der Waals surface area contributed by atoms with Gasteiger partial charge in [0, 0.05) is 18.4 Å². The molecule has 0 spiro atoms. The number of pyridine rings is 1. The third-order valence-corrected chi connectivity index (χ3v) is 4.27. The molecule has 0 unspecified atom stereocenters. The van der Waals surface area contributed by atoms with E-state index >= 15 is 0 Å². The number of nitrogens with zero attached hydrogens (tertiary/aromatic N) is 2. The lowest BCUT2D eigenvalue weighted by Gasteiger charge is -2.13. The van der Waals surface area contributed by atoms with Crippen LogP contribution >= 0.6 is 0 Å². The number of anilines is 1. The van der Waals surface area contributed by atoms with Gasteiger partial charge in [-0.3, -0.25) is 4.98 Å². The van der Waals surface area contributed by atoms with E-state index in [9.17, 15) is 5.11 Å². The Morgan fingerprint density at radius 1 is 1.11 bits per heavy atom. The van der Waals surface area contributed by atoms with Crippen molar-refractivity contribution in [3.05, 3.63) is 66.4 Å². The highest BCUT2D eigenvalue weighted by Gasteiger charge is 2.08. The van der Waals surface area contributed by atoms with E-state index in [1.807, 2.05) is 56.3 Å². The zero-order chi connectivity index (χ0) is 19.5. The summed E-state index contributed by atoms with van der Waals surface area (Å²) < 4.78 is 5.56. The Bertz CT molecular complexity index is 1090. The first-order valence-corrected chi connectivity index (χ1v) is 9.22. The second kappa shape index (κ2) is 7.60. The molecule has 3 N–H and O–H groups in total. The van der Waals surface area contributed by atoms with Gasteiger partial charge in [0.05, 0.1) is 17.1 Å². The summed E-state index contributed by atoms with van der Waals surface area (Å²) >= 11 is 0. The molecule has 0 aliphatic rings. The van der Waals surface area contributed by atoms with E-state index in [0.29, 0.717) is 12.3 Å². The van der Waals surface area contributed by atoms with Gasteiger partial charge in [0.15, 0.2) is 17.3 Å². The Morgan fingerprint density at radius 3 is 2.75 bits per heavy atom. The van der Waals surface area contributed by atoms with Gasteiger partial charge in [0.25, 0.3) is 0 Å². The number of H-pyrrole nitrogens is 1. The molecule has 4 rings (SSSR count). The largest absolute Gasteiger partial charge is 0.504 e. The minimum absolute atomic E-state index is 0.0204. The highest BCUT2D eigenvalue weighted by Crippen LogP contribution is 2.28. The highest BCUT2D eigenvalue weighted by molar-refractivity contribution is 5.82. The van der Waals surface area contributed by atoms with Crippen molar-refractivity contribution in [1.29, 1.82) is 0 Å². The van der Waals surface area contributed by atoms with Crippen LogP contribution in [0.3, 0.4) is 0 Å². The van der Waals surface area contributed by atoms with Gasteiger partial charge in [-0.15, -0.1) is 0 Å². The molecule has 0 saturated carbocycles. The molecular formula is C22H22N4O2. The number of rotatable bonds is 6. The molecule has 2 aromatic heterocycles. The molecule has 0 aliphatic heterocycles. The van der Waals surface area contributed by atoms with Crippen molar-refractivity contribution in [2.24, 2.45) is 0 Å². The average Bonchev–Trinajstić information content (AvgIpc) is 3.12. The Kier molecular flexibility index (Phi) is 4.85. The minimum Gasteiger partial charge on any atom is -0.504 e. The topological polar surface area (TPSA) is 83.1 Å². The molecule has 2 aromatic carbocycles. The van der Waals surface area contributed by atoms with Gasteiger partial charge in [-0.2, -0.15) is 0 Å². The minimum atomic E-state index is 0.0204. The normalized spacial score (nSPS) is 11.1. The zero-order valence-electron chi connectivity index (χ0n) is 15.8. The van der Waals surface area contributed by atoms with E-state index < -0.39 is 0 Å². The first kappa shape index (κ1) is 17.9. The maximum atomic E-state index is 10.1. The van der Waals surface area contributed by atoms with Crippen LogP contribution in [0.15, 0.2) is 60.8 Å². The SMILES string of the molecule is CC(C)Oc1ccc(CNc2ccc3nc(-c4ccccn4)[nH]c3c2)cc1O. The highest BCUT2D eigenvalue weighted by atomic mass is 16.5. The Morgan fingerprint density at radius 2 is 2.00 bits per heavy atom. The summed E-state index contributed by atoms with van der Waals surface area (Å²) in [5.41, 5.74) is 4.57. The van der Waals surface area contributed by atoms with Crippen molar-refractivity contribution in [1.82, 2.24) is 15.0 Å². The summed E-state index contributed by atoms with van der Waals surface area (Å²) in [7, 11) is 0. The molecule has 28 heavy (non-hydrogen) atoms. The van der Waals surface area contributed by atoms with Crippen molar-refractivity contribution >= 4 is 16.7 Å². The quantitative estimate of drug-likeness (QED) is 0.454. The first-order chi connectivity index (χ1) is 13.6. The number of imidazole rings is 1. The summed E-state index contributed by atoms with van der Waals surface area (Å²) in [5, 5.41) is 13.5. The number of ether oxygens (including phenoxy) is 1. The molecule has 0 atom stereocenters. The molecule has 6 heteroatoms. The fourth-order valence-corrected chi connectivity index (χ4v) is 2.97. The Hall–Kier alpha value is -3.54. The molecule has 4 aromatic rings. The van der Waals surface area contributed by atoms with E-state index in [1.165, 1.54) is 0 Å². The lowest BCUT2D eigenvalue weighted by Crippen LogP contribution is -2.06. The summed E-state index contributed by atoms with van der Waals surface area (Å²) in [6, 6.07) is 17.2. The van der Waals surface area contributed by atoms with Gasteiger partial charge in [0.1, 0.15) is 5.69 Å². The van der Waals surface area contributed by atoms with E-state index in [1.54, 1.807) is 18.3 Å². The summed E-state index contributed by atoms with van der Waals surface area (Å²) in [4.78, 5) is 12.2. The second-order valence-electron chi connectivity index (χ2n) is 6.85. The predicted molar refractivity (Wildman–Crippen MR) is 111 cm³/mol. The molecule has 0 bridgehead atoms. The van der Waals surface area contributed by atoms with E-state index in [2.05, 4.69) is 20.3 Å². The van der Waals surface area contributed by atoms with Crippen LogP contribution in [-0.2, 0) is 6.54 Å². The molecule has 0 saturated heterocycles. The van der Waals surface area contributed by atoms with Gasteiger partial charge in [0.2, 0.25) is 0 Å². The lowest BCUT2D eigenvalue weighted by atomic mass is 10.2. The maximum absolute atomic E-state index is 10.1. The molecular weight excluding hydrogens is 352 g/mol. The van der Waals surface area contributed by atoms with Gasteiger partial charge in [-0.1, -0.05) is 12.1 Å². The number of hydrogen-bond donors (Lipinski definition) is 3. The van der Waals surface area contributed by atoms with Crippen LogP contribution in [0.4, 0.5) is 5.69 Å². The van der Waals surface area contributed by atoms with Crippen LogP contribution in [-0.4, -0.2) is 26.2 Å². The number of aromatic amines is 1. The zero-order valence-corrected chi connectivity index (χ0v) is 15.8. The first-order valence-electron chi connectivity index (χ1n) is 9.22. The maximum Gasteiger partial charge on any atom is 0.161 e. The molecule has 0 amide bonds. The Balaban J connectivity index is 1.48. The standard InChI is InChI=1S/C22H22N4O2/c1-14(2)28-21-9-6-15(11-20(21)27)13-24-16-7-8-17-19(12-16)26-22(25-17)18-5-3-4-10-23-18/h3-12,14,24,27H,13H2,1-2H3,(H,25,26). The van der Waals surface area contributed by atoms with E-state index in [-0.39, 0.29) is 11.9 Å². The number of phenols is 1. The summed E-state index contributed by atoms with van der Waals surface area (Å²) in [6.45, 7) is 4.45. The second-order valence-corrected chi connectivity index (χ2v) is 6.85. The molecule has 142 valence electrons. The summed E-state index contributed by atoms with van der Waals surface area (Å²) in [6.07, 6.45) is 1.77. The fraction of sp³-hybridized carbons (Fsp3) is 0.182. The lowest BCUT2D eigenvalue weighted by molar-refractivity contribution is 0.232. The molecule has 2 heterocycles. The van der Waals surface area contributed by atoms with E-state index in [4.69, 9.17) is 4.74 Å². The van der Waals surface area contributed by atoms with E-state index in [0.717, 1.165) is 33.8 Å². The van der Waals surface area contributed by atoms with Crippen molar-refractivity contribution < 1.29 is 9.84 Å². The van der Waals surface area contributed by atoms with Crippen LogP contribution in [0.5, 0.6) is 11.5 Å². The predicted octanol–water partition coefficient (Wildman–Crippen LogP) is 4.73. The van der Waals surface area contributed by atoms with Crippen molar-refractivity contribution in [3.63, 3.8) is 0 Å². The van der Waals surface area contributed by atoms with Crippen molar-refractivity contribution in [2.75, 3.05) is 5.32 Å². The van der Waals surface area contributed by atoms with Crippen LogP contribution < -0.4 is 10.1 Å². The van der Waals surface area contributed by atoms with Gasteiger partial charge >= 0.3 is 0 Å². The number of nitrogens with one attached hydrogen (secondary N) is 2. The monoisotopic (exact) mass is 374 g/mol. The average molecular weight is 374 g/mol. The van der Waals surface area contributed by atoms with Gasteiger partial charge < -0.3 is 20.1 Å². The summed E-state index contributed by atoms with van der Waals surface area (Å²) in [5.74, 6) is 1.40. The number of hydrogen-bond acceptors (Lipinski definition) is 5. The van der Waals surface area contributed by atoms with Crippen molar-refractivity contribution in [3.8, 4) is 23.0 Å². The van der Waals surface area contributed by atoms with Crippen LogP contribution in [0.2, 0.25) is 0 Å².